The number of benzene rings is 1. The molecule has 0 saturated heterocycles. The van der Waals surface area contributed by atoms with Crippen LogP contribution in [-0.2, 0) is 16.0 Å². The Morgan fingerprint density at radius 1 is 1.12 bits per heavy atom. The minimum atomic E-state index is -0.306. The first-order valence-corrected chi connectivity index (χ1v) is 8.84. The van der Waals surface area contributed by atoms with Gasteiger partial charge in [0.1, 0.15) is 5.82 Å². The minimum absolute atomic E-state index is 0.0784. The predicted octanol–water partition coefficient (Wildman–Crippen LogP) is 3.06. The normalized spacial score (nSPS) is 15.6. The van der Waals surface area contributed by atoms with Gasteiger partial charge in [-0.2, -0.15) is 0 Å². The zero-order valence-corrected chi connectivity index (χ0v) is 14.4. The smallest absolute Gasteiger partial charge is 0.224 e. The fourth-order valence-electron chi connectivity index (χ4n) is 3.33. The molecule has 0 spiro atoms. The molecule has 0 aromatic heterocycles. The molecule has 1 aliphatic carbocycles. The molecule has 132 valence electrons. The lowest BCUT2D eigenvalue weighted by Gasteiger charge is -2.30. The largest absolute Gasteiger partial charge is 0.354 e. The van der Waals surface area contributed by atoms with Crippen LogP contribution in [0.4, 0.5) is 4.39 Å². The second kappa shape index (κ2) is 9.40. The van der Waals surface area contributed by atoms with Crippen molar-refractivity contribution in [1.29, 1.82) is 0 Å². The topological polar surface area (TPSA) is 49.4 Å². The molecule has 0 unspecified atom stereocenters. The molecule has 0 radical (unpaired) electrons. The Labute approximate surface area is 143 Å². The Kier molecular flexibility index (Phi) is 7.22. The molecule has 1 aromatic rings. The van der Waals surface area contributed by atoms with Crippen LogP contribution in [0.25, 0.3) is 0 Å². The van der Waals surface area contributed by atoms with E-state index in [1.54, 1.807) is 19.1 Å². The summed E-state index contributed by atoms with van der Waals surface area (Å²) < 4.78 is 12.9. The van der Waals surface area contributed by atoms with Crippen molar-refractivity contribution >= 4 is 11.8 Å². The predicted molar refractivity (Wildman–Crippen MR) is 92.0 cm³/mol. The van der Waals surface area contributed by atoms with Crippen LogP contribution in [0.1, 0.15) is 51.0 Å². The van der Waals surface area contributed by atoms with E-state index in [2.05, 4.69) is 5.32 Å². The number of nitrogens with zero attached hydrogens (tertiary/aromatic N) is 1. The maximum atomic E-state index is 12.9. The number of hydrogen-bond acceptors (Lipinski definition) is 2. The molecule has 5 heteroatoms. The fourth-order valence-corrected chi connectivity index (χ4v) is 3.33. The molecule has 0 atom stereocenters. The van der Waals surface area contributed by atoms with Gasteiger partial charge in [0.15, 0.2) is 0 Å². The summed E-state index contributed by atoms with van der Waals surface area (Å²) in [5.41, 5.74) is 0.779. The van der Waals surface area contributed by atoms with Crippen molar-refractivity contribution in [2.45, 2.75) is 57.9 Å². The maximum Gasteiger partial charge on any atom is 0.224 e. The molecule has 2 amide bonds. The van der Waals surface area contributed by atoms with Gasteiger partial charge in [0.25, 0.3) is 0 Å². The Morgan fingerprint density at radius 2 is 1.75 bits per heavy atom. The van der Waals surface area contributed by atoms with Gasteiger partial charge in [0, 0.05) is 26.1 Å². The Hall–Kier alpha value is -1.91. The highest BCUT2D eigenvalue weighted by atomic mass is 19.1. The van der Waals surface area contributed by atoms with Gasteiger partial charge in [0.2, 0.25) is 11.8 Å². The quantitative estimate of drug-likeness (QED) is 0.813. The Balaban J connectivity index is 1.78. The molecule has 0 aliphatic heterocycles. The Bertz CT molecular complexity index is 537. The van der Waals surface area contributed by atoms with Crippen LogP contribution in [0, 0.1) is 5.82 Å². The number of rotatable bonds is 6. The maximum absolute atomic E-state index is 12.9. The number of nitrogens with one attached hydrogen (secondary N) is 1. The number of halogens is 1. The first-order valence-electron chi connectivity index (χ1n) is 8.84. The van der Waals surface area contributed by atoms with Crippen molar-refractivity contribution in [2.75, 3.05) is 13.1 Å². The van der Waals surface area contributed by atoms with E-state index in [-0.39, 0.29) is 24.1 Å². The molecular formula is C19H27FN2O2. The average Bonchev–Trinajstić information content (AvgIpc) is 2.82. The number of hydrogen-bond donors (Lipinski definition) is 1. The number of carbonyl (C=O) groups excluding carboxylic acids is 2. The lowest BCUT2D eigenvalue weighted by Crippen LogP contribution is -2.43. The van der Waals surface area contributed by atoms with Gasteiger partial charge < -0.3 is 10.2 Å². The third-order valence-corrected chi connectivity index (χ3v) is 4.62. The van der Waals surface area contributed by atoms with Crippen molar-refractivity contribution in [2.24, 2.45) is 0 Å². The molecule has 0 heterocycles. The summed E-state index contributed by atoms with van der Waals surface area (Å²) in [5.74, 6) is -0.333. The van der Waals surface area contributed by atoms with Gasteiger partial charge in [-0.15, -0.1) is 0 Å². The summed E-state index contributed by atoms with van der Waals surface area (Å²) in [6.07, 6.45) is 7.18. The molecule has 24 heavy (non-hydrogen) atoms. The van der Waals surface area contributed by atoms with Crippen molar-refractivity contribution in [1.82, 2.24) is 10.2 Å². The van der Waals surface area contributed by atoms with Gasteiger partial charge in [-0.3, -0.25) is 9.59 Å². The number of amides is 2. The van der Waals surface area contributed by atoms with Crippen molar-refractivity contribution in [3.8, 4) is 0 Å². The zero-order valence-electron chi connectivity index (χ0n) is 14.4. The van der Waals surface area contributed by atoms with E-state index < -0.39 is 0 Å². The molecule has 2 rings (SSSR count). The molecule has 1 N–H and O–H groups in total. The fraction of sp³-hybridized carbons (Fsp3) is 0.579. The second-order valence-electron chi connectivity index (χ2n) is 6.51. The summed E-state index contributed by atoms with van der Waals surface area (Å²) >= 11 is 0. The highest BCUT2D eigenvalue weighted by molar-refractivity contribution is 5.78. The van der Waals surface area contributed by atoms with E-state index in [0.29, 0.717) is 19.1 Å². The SMILES string of the molecule is CC(=O)N(CCNC(=O)Cc1ccc(F)cc1)C1CCCCCC1. The lowest BCUT2D eigenvalue weighted by atomic mass is 10.1. The van der Waals surface area contributed by atoms with E-state index in [1.165, 1.54) is 37.8 Å². The molecule has 0 bridgehead atoms. The summed E-state index contributed by atoms with van der Waals surface area (Å²) in [4.78, 5) is 25.8. The first-order chi connectivity index (χ1) is 11.6. The van der Waals surface area contributed by atoms with E-state index in [4.69, 9.17) is 0 Å². The molecule has 1 saturated carbocycles. The summed E-state index contributed by atoms with van der Waals surface area (Å²) in [6, 6.07) is 6.24. The van der Waals surface area contributed by atoms with Crippen LogP contribution in [0.2, 0.25) is 0 Å². The van der Waals surface area contributed by atoms with Gasteiger partial charge in [-0.25, -0.2) is 4.39 Å². The lowest BCUT2D eigenvalue weighted by molar-refractivity contribution is -0.132. The van der Waals surface area contributed by atoms with E-state index in [1.807, 2.05) is 4.90 Å². The monoisotopic (exact) mass is 334 g/mol. The van der Waals surface area contributed by atoms with Crippen molar-refractivity contribution < 1.29 is 14.0 Å². The van der Waals surface area contributed by atoms with Gasteiger partial charge in [-0.1, -0.05) is 37.8 Å². The zero-order chi connectivity index (χ0) is 17.4. The van der Waals surface area contributed by atoms with Crippen LogP contribution in [0.15, 0.2) is 24.3 Å². The highest BCUT2D eigenvalue weighted by Gasteiger charge is 2.21. The van der Waals surface area contributed by atoms with Crippen LogP contribution in [0.5, 0.6) is 0 Å². The summed E-state index contributed by atoms with van der Waals surface area (Å²) in [5, 5.41) is 2.86. The van der Waals surface area contributed by atoms with Gasteiger partial charge >= 0.3 is 0 Å². The standard InChI is InChI=1S/C19H27FN2O2/c1-15(23)22(18-6-4-2-3-5-7-18)13-12-21-19(24)14-16-8-10-17(20)11-9-16/h8-11,18H,2-7,12-14H2,1H3,(H,21,24). The van der Waals surface area contributed by atoms with Crippen LogP contribution in [-0.4, -0.2) is 35.8 Å². The van der Waals surface area contributed by atoms with Crippen molar-refractivity contribution in [3.05, 3.63) is 35.6 Å². The molecule has 1 fully saturated rings. The second-order valence-corrected chi connectivity index (χ2v) is 6.51. The highest BCUT2D eigenvalue weighted by Crippen LogP contribution is 2.21. The third kappa shape index (κ3) is 5.95. The Morgan fingerprint density at radius 3 is 2.33 bits per heavy atom. The minimum Gasteiger partial charge on any atom is -0.354 e. The number of carbonyl (C=O) groups is 2. The van der Waals surface area contributed by atoms with Crippen molar-refractivity contribution in [3.63, 3.8) is 0 Å². The first kappa shape index (κ1) is 18.4. The van der Waals surface area contributed by atoms with E-state index >= 15 is 0 Å². The van der Waals surface area contributed by atoms with Gasteiger partial charge in [-0.05, 0) is 30.5 Å². The molecule has 1 aliphatic rings. The molecule has 1 aromatic carbocycles. The third-order valence-electron chi connectivity index (χ3n) is 4.62. The van der Waals surface area contributed by atoms with E-state index in [0.717, 1.165) is 18.4 Å². The van der Waals surface area contributed by atoms with E-state index in [9.17, 15) is 14.0 Å². The van der Waals surface area contributed by atoms with Crippen LogP contribution in [0.3, 0.4) is 0 Å². The average molecular weight is 334 g/mol. The summed E-state index contributed by atoms with van der Waals surface area (Å²) in [7, 11) is 0. The molecule has 4 nitrogen and oxygen atoms in total. The van der Waals surface area contributed by atoms with Gasteiger partial charge in [0.05, 0.1) is 6.42 Å². The molecular weight excluding hydrogens is 307 g/mol. The summed E-state index contributed by atoms with van der Waals surface area (Å²) in [6.45, 7) is 2.61. The van der Waals surface area contributed by atoms with Crippen LogP contribution < -0.4 is 5.32 Å². The van der Waals surface area contributed by atoms with Crippen LogP contribution >= 0.6 is 0 Å².